The lowest BCUT2D eigenvalue weighted by Gasteiger charge is -2.31. The number of nitrogens with one attached hydrogen (secondary N) is 2. The molecule has 5 heteroatoms. The van der Waals surface area contributed by atoms with Gasteiger partial charge in [-0.1, -0.05) is 0 Å². The minimum absolute atomic E-state index is 0.456. The van der Waals surface area contributed by atoms with Gasteiger partial charge in [0.2, 0.25) is 0 Å². The van der Waals surface area contributed by atoms with E-state index in [1.165, 1.54) is 17.7 Å². The Labute approximate surface area is 111 Å². The van der Waals surface area contributed by atoms with Crippen LogP contribution in [-0.2, 0) is 0 Å². The molecule has 0 saturated carbocycles. The zero-order chi connectivity index (χ0) is 12.5. The van der Waals surface area contributed by atoms with Gasteiger partial charge in [0.1, 0.15) is 17.0 Å². The molecule has 0 aliphatic carbocycles. The molecule has 4 nitrogen and oxygen atoms in total. The fraction of sp³-hybridized carbons (Fsp3) is 0.538. The van der Waals surface area contributed by atoms with Crippen LogP contribution in [0.2, 0.25) is 0 Å². The third-order valence-electron chi connectivity index (χ3n) is 3.54. The Bertz CT molecular complexity index is 551. The van der Waals surface area contributed by atoms with Crippen LogP contribution in [-0.4, -0.2) is 28.6 Å². The third kappa shape index (κ3) is 2.20. The second-order valence-corrected chi connectivity index (χ2v) is 6.17. The molecule has 3 heterocycles. The summed E-state index contributed by atoms with van der Waals surface area (Å²) in [5.74, 6) is 0.977. The average Bonchev–Trinajstić information content (AvgIpc) is 2.73. The molecule has 1 aliphatic rings. The first kappa shape index (κ1) is 11.9. The van der Waals surface area contributed by atoms with Gasteiger partial charge in [0.25, 0.3) is 0 Å². The van der Waals surface area contributed by atoms with Crippen LogP contribution < -0.4 is 10.6 Å². The number of rotatable bonds is 2. The monoisotopic (exact) mass is 262 g/mol. The van der Waals surface area contributed by atoms with E-state index in [4.69, 9.17) is 0 Å². The number of hydrogen-bond acceptors (Lipinski definition) is 5. The maximum atomic E-state index is 4.41. The van der Waals surface area contributed by atoms with Gasteiger partial charge in [0.05, 0.1) is 5.39 Å². The second-order valence-electron chi connectivity index (χ2n) is 4.93. The molecule has 2 unspecified atom stereocenters. The van der Waals surface area contributed by atoms with Crippen LogP contribution in [0.4, 0.5) is 5.82 Å². The molecule has 1 saturated heterocycles. The minimum Gasteiger partial charge on any atom is -0.365 e. The molecule has 0 spiro atoms. The van der Waals surface area contributed by atoms with Crippen molar-refractivity contribution in [3.8, 4) is 0 Å². The number of aryl methyl sites for hydroxylation is 1. The quantitative estimate of drug-likeness (QED) is 0.873. The van der Waals surface area contributed by atoms with Crippen LogP contribution in [0.25, 0.3) is 10.2 Å². The molecular weight excluding hydrogens is 244 g/mol. The molecule has 2 N–H and O–H groups in total. The Morgan fingerprint density at radius 3 is 3.17 bits per heavy atom. The number of nitrogens with zero attached hydrogens (tertiary/aromatic N) is 2. The molecule has 0 aromatic carbocycles. The van der Waals surface area contributed by atoms with Gasteiger partial charge in [-0.25, -0.2) is 9.97 Å². The van der Waals surface area contributed by atoms with Crippen molar-refractivity contribution >= 4 is 27.4 Å². The molecule has 0 bridgehead atoms. The largest absolute Gasteiger partial charge is 0.365 e. The standard InChI is InChI=1S/C13H18N4S/c1-8-6-10-12(15-7-16-13(10)18-8)17-11-4-3-5-14-9(11)2/h6-7,9,11,14H,3-5H2,1-2H3,(H,15,16,17). The van der Waals surface area contributed by atoms with Crippen LogP contribution in [0.5, 0.6) is 0 Å². The van der Waals surface area contributed by atoms with Crippen molar-refractivity contribution < 1.29 is 0 Å². The van der Waals surface area contributed by atoms with Gasteiger partial charge < -0.3 is 10.6 Å². The number of fused-ring (bicyclic) bond motifs is 1. The summed E-state index contributed by atoms with van der Waals surface area (Å²) in [5.41, 5.74) is 0. The normalized spacial score (nSPS) is 24.3. The summed E-state index contributed by atoms with van der Waals surface area (Å²) in [6.07, 6.45) is 4.07. The first-order chi connectivity index (χ1) is 8.74. The van der Waals surface area contributed by atoms with Crippen molar-refractivity contribution in [3.05, 3.63) is 17.3 Å². The lowest BCUT2D eigenvalue weighted by atomic mass is 10.00. The second kappa shape index (κ2) is 4.82. The van der Waals surface area contributed by atoms with Crippen LogP contribution >= 0.6 is 11.3 Å². The van der Waals surface area contributed by atoms with Gasteiger partial charge in [-0.2, -0.15) is 0 Å². The highest BCUT2D eigenvalue weighted by molar-refractivity contribution is 7.18. The maximum absolute atomic E-state index is 4.41. The zero-order valence-corrected chi connectivity index (χ0v) is 11.5. The van der Waals surface area contributed by atoms with Crippen molar-refractivity contribution in [1.29, 1.82) is 0 Å². The maximum Gasteiger partial charge on any atom is 0.138 e. The summed E-state index contributed by atoms with van der Waals surface area (Å²) < 4.78 is 0. The lowest BCUT2D eigenvalue weighted by Crippen LogP contribution is -2.46. The average molecular weight is 262 g/mol. The van der Waals surface area contributed by atoms with E-state index < -0.39 is 0 Å². The lowest BCUT2D eigenvalue weighted by molar-refractivity contribution is 0.389. The molecule has 1 fully saturated rings. The van der Waals surface area contributed by atoms with E-state index in [-0.39, 0.29) is 0 Å². The Morgan fingerprint density at radius 2 is 2.33 bits per heavy atom. The predicted octanol–water partition coefficient (Wildman–Crippen LogP) is 2.55. The smallest absolute Gasteiger partial charge is 0.138 e. The molecule has 2 aromatic rings. The van der Waals surface area contributed by atoms with E-state index in [0.29, 0.717) is 12.1 Å². The number of piperidine rings is 1. The summed E-state index contributed by atoms with van der Waals surface area (Å²) >= 11 is 1.72. The summed E-state index contributed by atoms with van der Waals surface area (Å²) in [6.45, 7) is 5.46. The van der Waals surface area contributed by atoms with Crippen molar-refractivity contribution in [2.24, 2.45) is 0 Å². The first-order valence-corrected chi connectivity index (χ1v) is 7.27. The SMILES string of the molecule is Cc1cc2c(NC3CCCNC3C)ncnc2s1. The van der Waals surface area contributed by atoms with E-state index >= 15 is 0 Å². The van der Waals surface area contributed by atoms with Crippen molar-refractivity contribution in [1.82, 2.24) is 15.3 Å². The van der Waals surface area contributed by atoms with Crippen LogP contribution in [0.15, 0.2) is 12.4 Å². The van der Waals surface area contributed by atoms with E-state index in [1.54, 1.807) is 17.7 Å². The predicted molar refractivity (Wildman–Crippen MR) is 76.3 cm³/mol. The van der Waals surface area contributed by atoms with Gasteiger partial charge >= 0.3 is 0 Å². The Balaban J connectivity index is 1.89. The van der Waals surface area contributed by atoms with E-state index in [2.05, 4.69) is 40.5 Å². The number of anilines is 1. The fourth-order valence-corrected chi connectivity index (χ4v) is 3.35. The van der Waals surface area contributed by atoms with Gasteiger partial charge in [0, 0.05) is 17.0 Å². The highest BCUT2D eigenvalue weighted by atomic mass is 32.1. The Morgan fingerprint density at radius 1 is 1.44 bits per heavy atom. The van der Waals surface area contributed by atoms with Gasteiger partial charge in [-0.05, 0) is 39.3 Å². The Hall–Kier alpha value is -1.20. The highest BCUT2D eigenvalue weighted by Gasteiger charge is 2.21. The third-order valence-corrected chi connectivity index (χ3v) is 4.49. The van der Waals surface area contributed by atoms with Gasteiger partial charge in [-0.15, -0.1) is 11.3 Å². The summed E-state index contributed by atoms with van der Waals surface area (Å²) in [5, 5.41) is 8.23. The van der Waals surface area contributed by atoms with Crippen LogP contribution in [0.1, 0.15) is 24.6 Å². The van der Waals surface area contributed by atoms with E-state index in [9.17, 15) is 0 Å². The Kier molecular flexibility index (Phi) is 3.18. The first-order valence-electron chi connectivity index (χ1n) is 6.45. The highest BCUT2D eigenvalue weighted by Crippen LogP contribution is 2.28. The van der Waals surface area contributed by atoms with Crippen molar-refractivity contribution in [3.63, 3.8) is 0 Å². The fourth-order valence-electron chi connectivity index (χ4n) is 2.51. The molecular formula is C13H18N4S. The molecule has 2 aromatic heterocycles. The summed E-state index contributed by atoms with van der Waals surface area (Å²) in [4.78, 5) is 11.1. The molecule has 1 aliphatic heterocycles. The van der Waals surface area contributed by atoms with Crippen molar-refractivity contribution in [2.45, 2.75) is 38.8 Å². The van der Waals surface area contributed by atoms with E-state index in [1.807, 2.05) is 0 Å². The molecule has 96 valence electrons. The number of thiophene rings is 1. The topological polar surface area (TPSA) is 49.8 Å². The number of aromatic nitrogens is 2. The van der Waals surface area contributed by atoms with Gasteiger partial charge in [-0.3, -0.25) is 0 Å². The summed E-state index contributed by atoms with van der Waals surface area (Å²) in [6, 6.07) is 3.11. The van der Waals surface area contributed by atoms with Gasteiger partial charge in [0.15, 0.2) is 0 Å². The van der Waals surface area contributed by atoms with Crippen molar-refractivity contribution in [2.75, 3.05) is 11.9 Å². The molecule has 0 radical (unpaired) electrons. The van der Waals surface area contributed by atoms with Crippen LogP contribution in [0, 0.1) is 6.92 Å². The minimum atomic E-state index is 0.456. The summed E-state index contributed by atoms with van der Waals surface area (Å²) in [7, 11) is 0. The van der Waals surface area contributed by atoms with E-state index in [0.717, 1.165) is 22.6 Å². The molecule has 0 amide bonds. The molecule has 3 rings (SSSR count). The zero-order valence-electron chi connectivity index (χ0n) is 10.7. The molecule has 2 atom stereocenters. The van der Waals surface area contributed by atoms with Crippen LogP contribution in [0.3, 0.4) is 0 Å². The molecule has 18 heavy (non-hydrogen) atoms. The number of hydrogen-bond donors (Lipinski definition) is 2.